The van der Waals surface area contributed by atoms with Crippen LogP contribution in [0, 0.1) is 6.92 Å². The molecule has 0 radical (unpaired) electrons. The second-order valence-corrected chi connectivity index (χ2v) is 5.50. The lowest BCUT2D eigenvalue weighted by atomic mass is 10.3. The first kappa shape index (κ1) is 10.8. The first-order valence-corrected chi connectivity index (χ1v) is 6.83. The molecule has 1 aliphatic carbocycles. The van der Waals surface area contributed by atoms with Gasteiger partial charge in [0.25, 0.3) is 0 Å². The lowest BCUT2D eigenvalue weighted by molar-refractivity contribution is 0.638. The van der Waals surface area contributed by atoms with Crippen molar-refractivity contribution < 1.29 is 0 Å². The van der Waals surface area contributed by atoms with Crippen molar-refractivity contribution in [3.8, 4) is 0 Å². The van der Waals surface area contributed by atoms with Gasteiger partial charge in [0.1, 0.15) is 5.01 Å². The van der Waals surface area contributed by atoms with Crippen molar-refractivity contribution in [2.24, 2.45) is 0 Å². The molecule has 1 saturated carbocycles. The van der Waals surface area contributed by atoms with Crippen molar-refractivity contribution in [2.45, 2.75) is 38.8 Å². The summed E-state index contributed by atoms with van der Waals surface area (Å²) in [5.74, 6) is 0.979. The maximum Gasteiger partial charge on any atom is 0.203 e. The molecular formula is C12H16N4S. The summed E-state index contributed by atoms with van der Waals surface area (Å²) in [6, 6.07) is 0.872. The van der Waals surface area contributed by atoms with E-state index in [0.717, 1.165) is 16.6 Å². The van der Waals surface area contributed by atoms with Gasteiger partial charge in [0.15, 0.2) is 0 Å². The number of thiazole rings is 1. The molecule has 0 aliphatic heterocycles. The Labute approximate surface area is 105 Å². The molecule has 1 aliphatic rings. The highest BCUT2D eigenvalue weighted by Gasteiger charge is 2.24. The van der Waals surface area contributed by atoms with E-state index in [2.05, 4.69) is 33.0 Å². The summed E-state index contributed by atoms with van der Waals surface area (Å²) < 4.78 is 2.19. The standard InChI is InChI=1S/C12H16N4S/c1-8-7-16(9(2)11-13-5-6-17-11)12(14-8)15-10-3-4-10/h5-7,9-10H,3-4H2,1-2H3,(H,14,15). The zero-order valence-electron chi connectivity index (χ0n) is 10.1. The van der Waals surface area contributed by atoms with Crippen LogP contribution in [0.15, 0.2) is 17.8 Å². The van der Waals surface area contributed by atoms with E-state index >= 15 is 0 Å². The van der Waals surface area contributed by atoms with Crippen molar-refractivity contribution in [2.75, 3.05) is 5.32 Å². The fourth-order valence-corrected chi connectivity index (χ4v) is 2.58. The molecule has 2 aromatic heterocycles. The number of hydrogen-bond acceptors (Lipinski definition) is 4. The van der Waals surface area contributed by atoms with Crippen molar-refractivity contribution in [3.05, 3.63) is 28.5 Å². The minimum absolute atomic E-state index is 0.248. The van der Waals surface area contributed by atoms with Gasteiger partial charge < -0.3 is 9.88 Å². The molecule has 2 heterocycles. The number of aromatic nitrogens is 3. The summed E-state index contributed by atoms with van der Waals surface area (Å²) in [6.45, 7) is 4.20. The average molecular weight is 248 g/mol. The van der Waals surface area contributed by atoms with Crippen LogP contribution in [-0.2, 0) is 0 Å². The zero-order valence-corrected chi connectivity index (χ0v) is 10.9. The van der Waals surface area contributed by atoms with Crippen LogP contribution in [0.2, 0.25) is 0 Å². The van der Waals surface area contributed by atoms with Crippen LogP contribution >= 0.6 is 11.3 Å². The maximum absolute atomic E-state index is 4.55. The Morgan fingerprint density at radius 3 is 3.00 bits per heavy atom. The topological polar surface area (TPSA) is 42.7 Å². The minimum atomic E-state index is 0.248. The van der Waals surface area contributed by atoms with E-state index in [1.807, 2.05) is 18.5 Å². The lowest BCUT2D eigenvalue weighted by Gasteiger charge is -2.14. The van der Waals surface area contributed by atoms with Gasteiger partial charge in [-0.15, -0.1) is 11.3 Å². The average Bonchev–Trinajstić information content (AvgIpc) is 2.82. The third-order valence-electron chi connectivity index (χ3n) is 2.99. The first-order valence-electron chi connectivity index (χ1n) is 5.95. The number of anilines is 1. The molecule has 1 atom stereocenters. The van der Waals surface area contributed by atoms with Gasteiger partial charge in [-0.3, -0.25) is 0 Å². The van der Waals surface area contributed by atoms with E-state index in [0.29, 0.717) is 6.04 Å². The summed E-state index contributed by atoms with van der Waals surface area (Å²) in [5, 5.41) is 6.62. The van der Waals surface area contributed by atoms with E-state index in [-0.39, 0.29) is 6.04 Å². The summed E-state index contributed by atoms with van der Waals surface area (Å²) >= 11 is 1.69. The van der Waals surface area contributed by atoms with Crippen LogP contribution in [0.4, 0.5) is 5.95 Å². The van der Waals surface area contributed by atoms with Crippen LogP contribution in [0.3, 0.4) is 0 Å². The number of nitrogens with one attached hydrogen (secondary N) is 1. The van der Waals surface area contributed by atoms with Crippen LogP contribution in [0.25, 0.3) is 0 Å². The molecule has 90 valence electrons. The smallest absolute Gasteiger partial charge is 0.203 e. The fraction of sp³-hybridized carbons (Fsp3) is 0.500. The molecule has 3 rings (SSSR count). The van der Waals surface area contributed by atoms with Gasteiger partial charge in [-0.25, -0.2) is 9.97 Å². The molecule has 2 aromatic rings. The summed E-state index contributed by atoms with van der Waals surface area (Å²) in [5.41, 5.74) is 1.05. The van der Waals surface area contributed by atoms with Gasteiger partial charge in [-0.2, -0.15) is 0 Å². The van der Waals surface area contributed by atoms with E-state index in [1.165, 1.54) is 12.8 Å². The van der Waals surface area contributed by atoms with Crippen LogP contribution in [0.1, 0.15) is 36.5 Å². The molecule has 5 heteroatoms. The quantitative estimate of drug-likeness (QED) is 0.904. The molecular weight excluding hydrogens is 232 g/mol. The largest absolute Gasteiger partial charge is 0.353 e. The Bertz CT molecular complexity index is 499. The molecule has 4 nitrogen and oxygen atoms in total. The Morgan fingerprint density at radius 1 is 1.53 bits per heavy atom. The highest BCUT2D eigenvalue weighted by Crippen LogP contribution is 2.28. The monoisotopic (exact) mass is 248 g/mol. The van der Waals surface area contributed by atoms with Crippen LogP contribution in [0.5, 0.6) is 0 Å². The molecule has 0 amide bonds. The third-order valence-corrected chi connectivity index (χ3v) is 3.94. The normalized spacial score (nSPS) is 17.1. The Kier molecular flexibility index (Phi) is 2.63. The van der Waals surface area contributed by atoms with Crippen molar-refractivity contribution in [1.82, 2.24) is 14.5 Å². The van der Waals surface area contributed by atoms with Crippen molar-refractivity contribution >= 4 is 17.3 Å². The van der Waals surface area contributed by atoms with Gasteiger partial charge in [-0.05, 0) is 26.7 Å². The van der Waals surface area contributed by atoms with E-state index < -0.39 is 0 Å². The van der Waals surface area contributed by atoms with E-state index in [4.69, 9.17) is 0 Å². The number of rotatable bonds is 4. The van der Waals surface area contributed by atoms with Gasteiger partial charge in [-0.1, -0.05) is 0 Å². The molecule has 1 N–H and O–H groups in total. The number of hydrogen-bond donors (Lipinski definition) is 1. The van der Waals surface area contributed by atoms with Gasteiger partial charge in [0.05, 0.1) is 11.7 Å². The predicted octanol–water partition coefficient (Wildman–Crippen LogP) is 2.83. The molecule has 1 unspecified atom stereocenters. The van der Waals surface area contributed by atoms with Crippen LogP contribution in [-0.4, -0.2) is 20.6 Å². The zero-order chi connectivity index (χ0) is 11.8. The third kappa shape index (κ3) is 2.20. The highest BCUT2D eigenvalue weighted by atomic mass is 32.1. The Morgan fingerprint density at radius 2 is 2.35 bits per heavy atom. The van der Waals surface area contributed by atoms with E-state index in [1.54, 1.807) is 11.3 Å². The minimum Gasteiger partial charge on any atom is -0.353 e. The SMILES string of the molecule is Cc1cn(C(C)c2nccs2)c(NC2CC2)n1. The second kappa shape index (κ2) is 4.14. The number of aryl methyl sites for hydroxylation is 1. The van der Waals surface area contributed by atoms with Crippen molar-refractivity contribution in [1.29, 1.82) is 0 Å². The van der Waals surface area contributed by atoms with Gasteiger partial charge in [0.2, 0.25) is 5.95 Å². The van der Waals surface area contributed by atoms with Gasteiger partial charge >= 0.3 is 0 Å². The number of imidazole rings is 1. The maximum atomic E-state index is 4.55. The Balaban J connectivity index is 1.89. The first-order chi connectivity index (χ1) is 8.24. The predicted molar refractivity (Wildman–Crippen MR) is 69.5 cm³/mol. The molecule has 0 bridgehead atoms. The summed E-state index contributed by atoms with van der Waals surface area (Å²) in [6.07, 6.45) is 6.47. The molecule has 0 aromatic carbocycles. The summed E-state index contributed by atoms with van der Waals surface area (Å²) in [4.78, 5) is 8.93. The molecule has 1 fully saturated rings. The summed E-state index contributed by atoms with van der Waals surface area (Å²) in [7, 11) is 0. The highest BCUT2D eigenvalue weighted by molar-refractivity contribution is 7.09. The fourth-order valence-electron chi connectivity index (χ4n) is 1.89. The van der Waals surface area contributed by atoms with Crippen molar-refractivity contribution in [3.63, 3.8) is 0 Å². The molecule has 17 heavy (non-hydrogen) atoms. The van der Waals surface area contributed by atoms with Crippen LogP contribution < -0.4 is 5.32 Å². The Hall–Kier alpha value is -1.36. The second-order valence-electron chi connectivity index (χ2n) is 4.58. The molecule has 0 saturated heterocycles. The van der Waals surface area contributed by atoms with Gasteiger partial charge in [0, 0.05) is 23.8 Å². The number of nitrogens with zero attached hydrogens (tertiary/aromatic N) is 3. The lowest BCUT2D eigenvalue weighted by Crippen LogP contribution is -2.12. The molecule has 0 spiro atoms. The van der Waals surface area contributed by atoms with E-state index in [9.17, 15) is 0 Å².